The lowest BCUT2D eigenvalue weighted by Crippen LogP contribution is -2.31. The Bertz CT molecular complexity index is 974. The van der Waals surface area contributed by atoms with Crippen molar-refractivity contribution in [2.75, 3.05) is 19.4 Å². The highest BCUT2D eigenvalue weighted by Gasteiger charge is 2.33. The molecule has 0 bridgehead atoms. The molecule has 142 valence electrons. The van der Waals surface area contributed by atoms with Gasteiger partial charge in [-0.2, -0.15) is 0 Å². The van der Waals surface area contributed by atoms with Gasteiger partial charge in [0.2, 0.25) is 5.95 Å². The first-order chi connectivity index (χ1) is 13.7. The van der Waals surface area contributed by atoms with Crippen molar-refractivity contribution >= 4 is 11.9 Å². The lowest BCUT2D eigenvalue weighted by atomic mass is 9.99. The fourth-order valence-electron chi connectivity index (χ4n) is 3.70. The Morgan fingerprint density at radius 1 is 1.14 bits per heavy atom. The number of likely N-dealkylation sites (tertiary alicyclic amines) is 1. The van der Waals surface area contributed by atoms with Crippen LogP contribution in [-0.4, -0.2) is 34.4 Å². The summed E-state index contributed by atoms with van der Waals surface area (Å²) in [7, 11) is 1.64. The number of aromatic nitrogens is 2. The molecule has 1 amide bonds. The Morgan fingerprint density at radius 2 is 1.89 bits per heavy atom. The second-order valence-corrected chi connectivity index (χ2v) is 6.78. The summed E-state index contributed by atoms with van der Waals surface area (Å²) in [6.45, 7) is 0.699. The summed E-state index contributed by atoms with van der Waals surface area (Å²) in [5.74, 6) is 1.01. The van der Waals surface area contributed by atoms with Gasteiger partial charge in [-0.15, -0.1) is 0 Å². The minimum atomic E-state index is -0.130. The van der Waals surface area contributed by atoms with E-state index in [0.717, 1.165) is 35.4 Å². The second kappa shape index (κ2) is 7.68. The van der Waals surface area contributed by atoms with Gasteiger partial charge in [0.25, 0.3) is 5.91 Å². The van der Waals surface area contributed by atoms with Gasteiger partial charge in [0.05, 0.1) is 18.8 Å². The van der Waals surface area contributed by atoms with Crippen molar-refractivity contribution < 1.29 is 9.53 Å². The fraction of sp³-hybridized carbons (Fsp3) is 0.227. The second-order valence-electron chi connectivity index (χ2n) is 6.78. The molecule has 0 unspecified atom stereocenters. The minimum Gasteiger partial charge on any atom is -0.497 e. The zero-order valence-corrected chi connectivity index (χ0v) is 15.7. The van der Waals surface area contributed by atoms with Crippen molar-refractivity contribution in [3.8, 4) is 16.9 Å². The van der Waals surface area contributed by atoms with Crippen molar-refractivity contribution in [2.45, 2.75) is 18.9 Å². The molecule has 2 aromatic carbocycles. The highest BCUT2D eigenvalue weighted by Crippen LogP contribution is 2.37. The smallest absolute Gasteiger partial charge is 0.254 e. The Kier molecular flexibility index (Phi) is 4.93. The maximum Gasteiger partial charge on any atom is 0.254 e. The summed E-state index contributed by atoms with van der Waals surface area (Å²) in [5, 5.41) is 0. The molecule has 1 aliphatic rings. The third-order valence-corrected chi connectivity index (χ3v) is 5.09. The summed E-state index contributed by atoms with van der Waals surface area (Å²) in [4.78, 5) is 23.7. The van der Waals surface area contributed by atoms with E-state index in [-0.39, 0.29) is 17.9 Å². The molecule has 0 radical (unpaired) electrons. The average molecular weight is 374 g/mol. The summed E-state index contributed by atoms with van der Waals surface area (Å²) in [5.41, 5.74) is 9.23. The number of carbonyl (C=O) groups is 1. The molecule has 1 fully saturated rings. The van der Waals surface area contributed by atoms with Gasteiger partial charge < -0.3 is 15.4 Å². The van der Waals surface area contributed by atoms with Gasteiger partial charge >= 0.3 is 0 Å². The van der Waals surface area contributed by atoms with Crippen LogP contribution in [0.15, 0.2) is 60.8 Å². The number of benzene rings is 2. The zero-order chi connectivity index (χ0) is 19.5. The Labute approximate surface area is 164 Å². The van der Waals surface area contributed by atoms with Crippen LogP contribution in [0.2, 0.25) is 0 Å². The van der Waals surface area contributed by atoms with Gasteiger partial charge in [-0.25, -0.2) is 9.97 Å². The standard InChI is InChI=1S/C22H22N4O2/c1-28-17-11-9-15(10-12-17)18-14-24-22(23)25-20(18)19-8-5-13-26(19)21(27)16-6-3-2-4-7-16/h2-4,6-7,9-12,14,19H,5,8,13H2,1H3,(H2,23,24,25)/t19-/m0/s1. The Balaban J connectivity index is 1.73. The van der Waals surface area contributed by atoms with Gasteiger partial charge in [-0.1, -0.05) is 30.3 Å². The van der Waals surface area contributed by atoms with E-state index in [9.17, 15) is 4.79 Å². The molecule has 1 aromatic heterocycles. The van der Waals surface area contributed by atoms with Gasteiger partial charge in [0, 0.05) is 23.9 Å². The van der Waals surface area contributed by atoms with E-state index < -0.39 is 0 Å². The van der Waals surface area contributed by atoms with E-state index >= 15 is 0 Å². The number of hydrogen-bond donors (Lipinski definition) is 1. The SMILES string of the molecule is COc1ccc(-c2cnc(N)nc2[C@@H]2CCCN2C(=O)c2ccccc2)cc1. The van der Waals surface area contributed by atoms with E-state index in [1.165, 1.54) is 0 Å². The predicted molar refractivity (Wildman–Crippen MR) is 108 cm³/mol. The van der Waals surface area contributed by atoms with Crippen LogP contribution in [0.3, 0.4) is 0 Å². The number of carbonyl (C=O) groups excluding carboxylic acids is 1. The Hall–Kier alpha value is -3.41. The lowest BCUT2D eigenvalue weighted by molar-refractivity contribution is 0.0733. The molecular formula is C22H22N4O2. The van der Waals surface area contributed by atoms with E-state index in [1.54, 1.807) is 13.3 Å². The third-order valence-electron chi connectivity index (χ3n) is 5.09. The van der Waals surface area contributed by atoms with Crippen LogP contribution in [0, 0.1) is 0 Å². The fourth-order valence-corrected chi connectivity index (χ4v) is 3.70. The molecule has 0 saturated carbocycles. The van der Waals surface area contributed by atoms with Crippen LogP contribution >= 0.6 is 0 Å². The number of ether oxygens (including phenoxy) is 1. The highest BCUT2D eigenvalue weighted by atomic mass is 16.5. The van der Waals surface area contributed by atoms with E-state index in [0.29, 0.717) is 12.1 Å². The average Bonchev–Trinajstić information content (AvgIpc) is 3.23. The number of nitrogen functional groups attached to an aromatic ring is 1. The van der Waals surface area contributed by atoms with E-state index in [1.807, 2.05) is 59.5 Å². The number of anilines is 1. The number of hydrogen-bond acceptors (Lipinski definition) is 5. The normalized spacial score (nSPS) is 16.2. The topological polar surface area (TPSA) is 81.3 Å². The van der Waals surface area contributed by atoms with Crippen LogP contribution in [-0.2, 0) is 0 Å². The monoisotopic (exact) mass is 374 g/mol. The highest BCUT2D eigenvalue weighted by molar-refractivity contribution is 5.94. The lowest BCUT2D eigenvalue weighted by Gasteiger charge is -2.26. The van der Waals surface area contributed by atoms with Gasteiger partial charge in [0.15, 0.2) is 0 Å². The summed E-state index contributed by atoms with van der Waals surface area (Å²) in [6, 6.07) is 17.0. The molecule has 28 heavy (non-hydrogen) atoms. The number of amides is 1. The molecule has 6 heteroatoms. The first kappa shape index (κ1) is 18.0. The van der Waals surface area contributed by atoms with Crippen molar-refractivity contribution in [1.29, 1.82) is 0 Å². The predicted octanol–water partition coefficient (Wildman–Crippen LogP) is 3.71. The molecule has 1 saturated heterocycles. The number of nitrogens with two attached hydrogens (primary N) is 1. The third kappa shape index (κ3) is 3.41. The maximum atomic E-state index is 13.1. The first-order valence-electron chi connectivity index (χ1n) is 9.30. The van der Waals surface area contributed by atoms with E-state index in [2.05, 4.69) is 9.97 Å². The summed E-state index contributed by atoms with van der Waals surface area (Å²) < 4.78 is 5.25. The molecular weight excluding hydrogens is 352 g/mol. The molecule has 2 heterocycles. The maximum absolute atomic E-state index is 13.1. The molecule has 0 aliphatic carbocycles. The molecule has 0 spiro atoms. The number of rotatable bonds is 4. The van der Waals surface area contributed by atoms with Gasteiger partial charge in [0.1, 0.15) is 5.75 Å². The number of methoxy groups -OCH3 is 1. The van der Waals surface area contributed by atoms with Crippen LogP contribution < -0.4 is 10.5 Å². The number of nitrogens with zero attached hydrogens (tertiary/aromatic N) is 3. The van der Waals surface area contributed by atoms with E-state index in [4.69, 9.17) is 10.5 Å². The van der Waals surface area contributed by atoms with Crippen LogP contribution in [0.4, 0.5) is 5.95 Å². The first-order valence-corrected chi connectivity index (χ1v) is 9.30. The molecule has 3 aromatic rings. The largest absolute Gasteiger partial charge is 0.497 e. The van der Waals surface area contributed by atoms with Crippen molar-refractivity contribution in [1.82, 2.24) is 14.9 Å². The van der Waals surface area contributed by atoms with Gasteiger partial charge in [-0.05, 0) is 42.7 Å². The molecule has 2 N–H and O–H groups in total. The molecule has 4 rings (SSSR count). The van der Waals surface area contributed by atoms with Crippen LogP contribution in [0.5, 0.6) is 5.75 Å². The summed E-state index contributed by atoms with van der Waals surface area (Å²) >= 11 is 0. The van der Waals surface area contributed by atoms with Crippen LogP contribution in [0.1, 0.15) is 34.9 Å². The molecule has 1 aliphatic heterocycles. The van der Waals surface area contributed by atoms with Crippen molar-refractivity contribution in [3.05, 3.63) is 72.1 Å². The minimum absolute atomic E-state index is 0.0148. The van der Waals surface area contributed by atoms with Crippen molar-refractivity contribution in [2.24, 2.45) is 0 Å². The zero-order valence-electron chi connectivity index (χ0n) is 15.7. The Morgan fingerprint density at radius 3 is 2.61 bits per heavy atom. The van der Waals surface area contributed by atoms with Gasteiger partial charge in [-0.3, -0.25) is 4.79 Å². The quantitative estimate of drug-likeness (QED) is 0.753. The van der Waals surface area contributed by atoms with Crippen LogP contribution in [0.25, 0.3) is 11.1 Å². The molecule has 1 atom stereocenters. The summed E-state index contributed by atoms with van der Waals surface area (Å²) in [6.07, 6.45) is 3.51. The van der Waals surface area contributed by atoms with Crippen molar-refractivity contribution in [3.63, 3.8) is 0 Å². The molecule has 6 nitrogen and oxygen atoms in total.